The molecule has 2 saturated heterocycles. The molecule has 2 fully saturated rings. The van der Waals surface area contributed by atoms with Gasteiger partial charge in [0.1, 0.15) is 0 Å². The van der Waals surface area contributed by atoms with E-state index >= 15 is 0 Å². The van der Waals surface area contributed by atoms with Crippen molar-refractivity contribution in [3.63, 3.8) is 0 Å². The Labute approximate surface area is 144 Å². The van der Waals surface area contributed by atoms with Crippen LogP contribution in [0.15, 0.2) is 18.2 Å². The predicted molar refractivity (Wildman–Crippen MR) is 94.6 cm³/mol. The van der Waals surface area contributed by atoms with Crippen molar-refractivity contribution in [2.45, 2.75) is 52.5 Å². The first kappa shape index (κ1) is 17.0. The lowest BCUT2D eigenvalue weighted by Crippen LogP contribution is -2.46. The van der Waals surface area contributed by atoms with Crippen molar-refractivity contribution in [1.82, 2.24) is 9.80 Å². The van der Waals surface area contributed by atoms with Crippen molar-refractivity contribution in [3.8, 4) is 0 Å². The molecule has 2 unspecified atom stereocenters. The predicted octanol–water partition coefficient (Wildman–Crippen LogP) is 3.23. The van der Waals surface area contributed by atoms with E-state index in [0.29, 0.717) is 6.54 Å². The van der Waals surface area contributed by atoms with Gasteiger partial charge in [-0.1, -0.05) is 18.2 Å². The number of carbonyl (C=O) groups is 2. The molecule has 2 amide bonds. The molecule has 1 aromatic carbocycles. The molecule has 2 atom stereocenters. The number of nitrogens with zero attached hydrogens (tertiary/aromatic N) is 2. The van der Waals surface area contributed by atoms with E-state index < -0.39 is 0 Å². The summed E-state index contributed by atoms with van der Waals surface area (Å²) in [5, 5.41) is 0. The Kier molecular flexibility index (Phi) is 4.93. The molecule has 0 saturated carbocycles. The van der Waals surface area contributed by atoms with Gasteiger partial charge in [0.2, 0.25) is 11.8 Å². The highest BCUT2D eigenvalue weighted by Crippen LogP contribution is 2.35. The Hall–Kier alpha value is -1.84. The van der Waals surface area contributed by atoms with Gasteiger partial charge in [0.15, 0.2) is 0 Å². The molecule has 0 radical (unpaired) electrons. The van der Waals surface area contributed by atoms with Crippen LogP contribution in [0.25, 0.3) is 0 Å². The molecule has 2 aliphatic rings. The largest absolute Gasteiger partial charge is 0.342 e. The van der Waals surface area contributed by atoms with Gasteiger partial charge in [0.25, 0.3) is 0 Å². The zero-order chi connectivity index (χ0) is 17.3. The fraction of sp³-hybridized carbons (Fsp3) is 0.600. The summed E-state index contributed by atoms with van der Waals surface area (Å²) >= 11 is 0. The topological polar surface area (TPSA) is 40.6 Å². The second-order valence-corrected chi connectivity index (χ2v) is 7.34. The van der Waals surface area contributed by atoms with Crippen molar-refractivity contribution in [3.05, 3.63) is 34.9 Å². The van der Waals surface area contributed by atoms with Crippen LogP contribution in [0.2, 0.25) is 0 Å². The molecule has 0 aliphatic carbocycles. The number of aryl methyl sites for hydroxylation is 2. The highest BCUT2D eigenvalue weighted by atomic mass is 16.2. The zero-order valence-electron chi connectivity index (χ0n) is 15.0. The van der Waals surface area contributed by atoms with Gasteiger partial charge in [-0.25, -0.2) is 0 Å². The van der Waals surface area contributed by atoms with Gasteiger partial charge in [-0.2, -0.15) is 0 Å². The summed E-state index contributed by atoms with van der Waals surface area (Å²) in [6.07, 6.45) is 3.93. The summed E-state index contributed by atoms with van der Waals surface area (Å²) in [5.41, 5.74) is 3.83. The summed E-state index contributed by atoms with van der Waals surface area (Å²) in [7, 11) is 0. The zero-order valence-corrected chi connectivity index (χ0v) is 15.0. The van der Waals surface area contributed by atoms with Crippen LogP contribution < -0.4 is 0 Å². The van der Waals surface area contributed by atoms with Gasteiger partial charge in [-0.15, -0.1) is 0 Å². The lowest BCUT2D eigenvalue weighted by Gasteiger charge is -2.35. The van der Waals surface area contributed by atoms with Crippen LogP contribution >= 0.6 is 0 Å². The van der Waals surface area contributed by atoms with E-state index in [-0.39, 0.29) is 23.8 Å². The van der Waals surface area contributed by atoms with Gasteiger partial charge in [-0.05, 0) is 56.2 Å². The van der Waals surface area contributed by atoms with Crippen molar-refractivity contribution in [2.24, 2.45) is 5.92 Å². The average molecular weight is 328 g/mol. The maximum Gasteiger partial charge on any atom is 0.227 e. The van der Waals surface area contributed by atoms with Gasteiger partial charge in [0.05, 0.1) is 12.0 Å². The van der Waals surface area contributed by atoms with Crippen LogP contribution in [0.1, 0.15) is 55.3 Å². The van der Waals surface area contributed by atoms with E-state index in [1.165, 1.54) is 16.7 Å². The van der Waals surface area contributed by atoms with Crippen LogP contribution in [0.3, 0.4) is 0 Å². The van der Waals surface area contributed by atoms with Crippen LogP contribution in [0, 0.1) is 19.8 Å². The molecule has 2 aliphatic heterocycles. The van der Waals surface area contributed by atoms with Gasteiger partial charge >= 0.3 is 0 Å². The minimum Gasteiger partial charge on any atom is -0.342 e. The SMILES string of the molecule is CC(=O)N1CCCC(C(=O)N2CCCC2c2ccc(C)c(C)c2)C1. The van der Waals surface area contributed by atoms with Crippen molar-refractivity contribution in [1.29, 1.82) is 0 Å². The van der Waals surface area contributed by atoms with Crippen LogP contribution in [0.4, 0.5) is 0 Å². The molecule has 0 bridgehead atoms. The third-order valence-corrected chi connectivity index (χ3v) is 5.67. The summed E-state index contributed by atoms with van der Waals surface area (Å²) in [4.78, 5) is 28.6. The Morgan fingerprint density at radius 1 is 1.04 bits per heavy atom. The molecular weight excluding hydrogens is 300 g/mol. The van der Waals surface area contributed by atoms with E-state index in [9.17, 15) is 9.59 Å². The van der Waals surface area contributed by atoms with E-state index in [4.69, 9.17) is 0 Å². The molecule has 130 valence electrons. The van der Waals surface area contributed by atoms with Crippen LogP contribution in [-0.4, -0.2) is 41.2 Å². The third kappa shape index (κ3) is 3.33. The first-order valence-electron chi connectivity index (χ1n) is 9.10. The number of hydrogen-bond acceptors (Lipinski definition) is 2. The van der Waals surface area contributed by atoms with Crippen molar-refractivity contribution < 1.29 is 9.59 Å². The second kappa shape index (κ2) is 6.96. The van der Waals surface area contributed by atoms with E-state index in [1.807, 2.05) is 4.90 Å². The van der Waals surface area contributed by atoms with Gasteiger partial charge < -0.3 is 9.80 Å². The van der Waals surface area contributed by atoms with Crippen molar-refractivity contribution >= 4 is 11.8 Å². The maximum atomic E-state index is 13.1. The number of benzene rings is 1. The number of rotatable bonds is 2. The summed E-state index contributed by atoms with van der Waals surface area (Å²) in [6, 6.07) is 6.75. The fourth-order valence-corrected chi connectivity index (χ4v) is 4.05. The Balaban J connectivity index is 1.76. The maximum absolute atomic E-state index is 13.1. The molecule has 0 spiro atoms. The molecule has 4 nitrogen and oxygen atoms in total. The summed E-state index contributed by atoms with van der Waals surface area (Å²) in [6.45, 7) is 8.07. The highest BCUT2D eigenvalue weighted by Gasteiger charge is 2.36. The third-order valence-electron chi connectivity index (χ3n) is 5.67. The van der Waals surface area contributed by atoms with Crippen LogP contribution in [-0.2, 0) is 9.59 Å². The standard InChI is InChI=1S/C20H28N2O2/c1-14-8-9-17(12-15(14)2)19-7-5-11-22(19)20(24)18-6-4-10-21(13-18)16(3)23/h8-9,12,18-19H,4-7,10-11,13H2,1-3H3. The minimum absolute atomic E-state index is 0.0326. The van der Waals surface area contributed by atoms with Gasteiger partial charge in [-0.3, -0.25) is 9.59 Å². The normalized spacial score (nSPS) is 24.3. The smallest absolute Gasteiger partial charge is 0.227 e. The molecule has 2 heterocycles. The number of likely N-dealkylation sites (tertiary alicyclic amines) is 2. The average Bonchev–Trinajstić information content (AvgIpc) is 3.06. The first-order valence-corrected chi connectivity index (χ1v) is 9.10. The lowest BCUT2D eigenvalue weighted by atomic mass is 9.94. The molecule has 3 rings (SSSR count). The number of piperidine rings is 1. The van der Waals surface area contributed by atoms with E-state index in [2.05, 4.69) is 36.9 Å². The minimum atomic E-state index is -0.0326. The van der Waals surface area contributed by atoms with Crippen molar-refractivity contribution in [2.75, 3.05) is 19.6 Å². The molecule has 4 heteroatoms. The number of carbonyl (C=O) groups excluding carboxylic acids is 2. The molecule has 0 N–H and O–H groups in total. The monoisotopic (exact) mass is 328 g/mol. The first-order chi connectivity index (χ1) is 11.5. The molecule has 1 aromatic rings. The van der Waals surface area contributed by atoms with E-state index in [0.717, 1.165) is 38.8 Å². The summed E-state index contributed by atoms with van der Waals surface area (Å²) < 4.78 is 0. The van der Waals surface area contributed by atoms with E-state index in [1.54, 1.807) is 6.92 Å². The quantitative estimate of drug-likeness (QED) is 0.836. The molecule has 0 aromatic heterocycles. The Morgan fingerprint density at radius 3 is 2.50 bits per heavy atom. The summed E-state index contributed by atoms with van der Waals surface area (Å²) in [5.74, 6) is 0.288. The number of amides is 2. The molecule has 24 heavy (non-hydrogen) atoms. The number of hydrogen-bond donors (Lipinski definition) is 0. The fourth-order valence-electron chi connectivity index (χ4n) is 4.05. The second-order valence-electron chi connectivity index (χ2n) is 7.34. The Bertz CT molecular complexity index is 641. The van der Waals surface area contributed by atoms with Gasteiger partial charge in [0, 0.05) is 26.6 Å². The Morgan fingerprint density at radius 2 is 1.79 bits per heavy atom. The highest BCUT2D eigenvalue weighted by molar-refractivity contribution is 5.81. The van der Waals surface area contributed by atoms with Crippen LogP contribution in [0.5, 0.6) is 0 Å². The lowest BCUT2D eigenvalue weighted by molar-refractivity contribution is -0.140. The molecular formula is C20H28N2O2.